The molecular formula is C19H22FN5O. The number of aromatic nitrogens is 4. The summed E-state index contributed by atoms with van der Waals surface area (Å²) in [7, 11) is 0. The van der Waals surface area contributed by atoms with Crippen LogP contribution in [0, 0.1) is 12.7 Å². The van der Waals surface area contributed by atoms with Gasteiger partial charge < -0.3 is 4.42 Å². The number of oxazole rings is 1. The Morgan fingerprint density at radius 2 is 2.15 bits per heavy atom. The topological polar surface area (TPSA) is 60.0 Å². The Kier molecular flexibility index (Phi) is 4.32. The minimum atomic E-state index is -0.264. The molecule has 3 aromatic rings. The molecule has 4 rings (SSSR count). The van der Waals surface area contributed by atoms with E-state index in [-0.39, 0.29) is 11.9 Å². The normalized spacial score (nSPS) is 14.8. The van der Waals surface area contributed by atoms with Gasteiger partial charge >= 0.3 is 0 Å². The highest BCUT2D eigenvalue weighted by atomic mass is 19.1. The Bertz CT molecular complexity index is 930. The van der Waals surface area contributed by atoms with Crippen molar-refractivity contribution >= 4 is 0 Å². The molecule has 0 aliphatic carbocycles. The summed E-state index contributed by atoms with van der Waals surface area (Å²) < 4.78 is 21.8. The molecule has 0 saturated heterocycles. The molecule has 0 amide bonds. The van der Waals surface area contributed by atoms with Crippen LogP contribution in [0.15, 0.2) is 29.1 Å². The summed E-state index contributed by atoms with van der Waals surface area (Å²) in [6, 6.07) is 2.00. The molecule has 136 valence electrons. The molecule has 6 nitrogen and oxygen atoms in total. The lowest BCUT2D eigenvalue weighted by Gasteiger charge is -2.28. The lowest BCUT2D eigenvalue weighted by Crippen LogP contribution is -2.31. The smallest absolute Gasteiger partial charge is 0.247 e. The van der Waals surface area contributed by atoms with E-state index in [9.17, 15) is 4.39 Å². The second kappa shape index (κ2) is 6.64. The monoisotopic (exact) mass is 355 g/mol. The maximum atomic E-state index is 14.0. The summed E-state index contributed by atoms with van der Waals surface area (Å²) in [5, 5.41) is 4.78. The van der Waals surface area contributed by atoms with Gasteiger partial charge in [0, 0.05) is 55.1 Å². The maximum Gasteiger partial charge on any atom is 0.247 e. The fraction of sp³-hybridized carbons (Fsp3) is 0.421. The molecule has 4 heterocycles. The second-order valence-corrected chi connectivity index (χ2v) is 7.02. The number of fused-ring (bicyclic) bond motifs is 1. The zero-order valence-electron chi connectivity index (χ0n) is 15.2. The van der Waals surface area contributed by atoms with E-state index in [1.54, 1.807) is 18.5 Å². The zero-order valence-corrected chi connectivity index (χ0v) is 15.2. The summed E-state index contributed by atoms with van der Waals surface area (Å²) in [4.78, 5) is 10.4. The van der Waals surface area contributed by atoms with Gasteiger partial charge in [0.05, 0.1) is 12.4 Å². The van der Waals surface area contributed by atoms with Crippen LogP contribution in [0.5, 0.6) is 0 Å². The Hall–Kier alpha value is -2.54. The molecule has 0 aromatic carbocycles. The summed E-state index contributed by atoms with van der Waals surface area (Å²) in [6.45, 7) is 8.22. The van der Waals surface area contributed by atoms with Crippen LogP contribution in [-0.4, -0.2) is 31.2 Å². The van der Waals surface area contributed by atoms with Crippen molar-refractivity contribution in [1.29, 1.82) is 0 Å². The molecule has 0 N–H and O–H groups in total. The molecule has 1 aliphatic rings. The molecule has 0 radical (unpaired) electrons. The number of aryl methyl sites for hydroxylation is 1. The first-order chi connectivity index (χ1) is 12.5. The molecular weight excluding hydrogens is 333 g/mol. The lowest BCUT2D eigenvalue weighted by atomic mass is 10.0. The third kappa shape index (κ3) is 3.03. The third-order valence-corrected chi connectivity index (χ3v) is 4.73. The first-order valence-electron chi connectivity index (χ1n) is 8.86. The standard InChI is InChI=1S/C19H22FN5O/c1-12(2)25-17-5-7-24(10-14-4-6-21-9-16(14)20)11-15(17)18(23-25)19-22-8-13(3)26-19/h4,6,8-9,12H,5,7,10-11H2,1-3H3. The number of rotatable bonds is 4. The van der Waals surface area contributed by atoms with Crippen molar-refractivity contribution in [3.8, 4) is 11.6 Å². The number of pyridine rings is 1. The van der Waals surface area contributed by atoms with Crippen molar-refractivity contribution in [3.05, 3.63) is 53.1 Å². The molecule has 0 fully saturated rings. The van der Waals surface area contributed by atoms with Gasteiger partial charge in [0.15, 0.2) is 5.69 Å². The molecule has 26 heavy (non-hydrogen) atoms. The van der Waals surface area contributed by atoms with Crippen LogP contribution in [0.3, 0.4) is 0 Å². The molecule has 1 aliphatic heterocycles. The van der Waals surface area contributed by atoms with Crippen LogP contribution in [0.2, 0.25) is 0 Å². The van der Waals surface area contributed by atoms with E-state index in [4.69, 9.17) is 9.52 Å². The minimum Gasteiger partial charge on any atom is -0.440 e. The first-order valence-corrected chi connectivity index (χ1v) is 8.86. The van der Waals surface area contributed by atoms with Gasteiger partial charge in [-0.05, 0) is 26.8 Å². The largest absolute Gasteiger partial charge is 0.440 e. The summed E-state index contributed by atoms with van der Waals surface area (Å²) in [5.74, 6) is 1.05. The Balaban J connectivity index is 1.68. The van der Waals surface area contributed by atoms with Gasteiger partial charge in [-0.1, -0.05) is 0 Å². The number of halogens is 1. The van der Waals surface area contributed by atoms with Crippen LogP contribution < -0.4 is 0 Å². The van der Waals surface area contributed by atoms with Crippen LogP contribution in [0.25, 0.3) is 11.6 Å². The van der Waals surface area contributed by atoms with Gasteiger partial charge in [0.25, 0.3) is 0 Å². The Morgan fingerprint density at radius 1 is 1.31 bits per heavy atom. The van der Waals surface area contributed by atoms with Crippen molar-refractivity contribution in [2.45, 2.75) is 46.3 Å². The average molecular weight is 355 g/mol. The van der Waals surface area contributed by atoms with Gasteiger partial charge in [0.1, 0.15) is 11.6 Å². The Morgan fingerprint density at radius 3 is 2.85 bits per heavy atom. The third-order valence-electron chi connectivity index (χ3n) is 4.73. The van der Waals surface area contributed by atoms with E-state index in [0.717, 1.165) is 30.0 Å². The Labute approximate surface area is 151 Å². The summed E-state index contributed by atoms with van der Waals surface area (Å²) in [5.41, 5.74) is 3.80. The van der Waals surface area contributed by atoms with Crippen LogP contribution in [0.4, 0.5) is 4.39 Å². The average Bonchev–Trinajstić information content (AvgIpc) is 3.20. The predicted octanol–water partition coefficient (Wildman–Crippen LogP) is 3.52. The molecule has 0 spiro atoms. The van der Waals surface area contributed by atoms with Crippen molar-refractivity contribution in [2.24, 2.45) is 0 Å². The van der Waals surface area contributed by atoms with Gasteiger partial charge in [-0.2, -0.15) is 5.10 Å². The molecule has 0 unspecified atom stereocenters. The van der Waals surface area contributed by atoms with Gasteiger partial charge in [-0.3, -0.25) is 14.6 Å². The van der Waals surface area contributed by atoms with Crippen molar-refractivity contribution in [1.82, 2.24) is 24.6 Å². The highest BCUT2D eigenvalue weighted by Gasteiger charge is 2.28. The van der Waals surface area contributed by atoms with E-state index in [0.29, 0.717) is 24.5 Å². The highest BCUT2D eigenvalue weighted by Crippen LogP contribution is 2.32. The fourth-order valence-electron chi connectivity index (χ4n) is 3.47. The summed E-state index contributed by atoms with van der Waals surface area (Å²) in [6.07, 6.45) is 5.48. The van der Waals surface area contributed by atoms with E-state index >= 15 is 0 Å². The van der Waals surface area contributed by atoms with E-state index < -0.39 is 0 Å². The molecule has 0 bridgehead atoms. The minimum absolute atomic E-state index is 0.262. The van der Waals surface area contributed by atoms with Crippen LogP contribution in [0.1, 0.15) is 42.5 Å². The lowest BCUT2D eigenvalue weighted by molar-refractivity contribution is 0.238. The van der Waals surface area contributed by atoms with Gasteiger partial charge in [-0.15, -0.1) is 0 Å². The first kappa shape index (κ1) is 16.9. The van der Waals surface area contributed by atoms with Crippen LogP contribution >= 0.6 is 0 Å². The predicted molar refractivity (Wildman–Crippen MR) is 94.9 cm³/mol. The van der Waals surface area contributed by atoms with E-state index in [2.05, 4.69) is 33.4 Å². The highest BCUT2D eigenvalue weighted by molar-refractivity contribution is 5.55. The molecule has 0 atom stereocenters. The quantitative estimate of drug-likeness (QED) is 0.717. The van der Waals surface area contributed by atoms with Crippen LogP contribution in [-0.2, 0) is 19.5 Å². The number of hydrogen-bond donors (Lipinski definition) is 0. The summed E-state index contributed by atoms with van der Waals surface area (Å²) >= 11 is 0. The fourth-order valence-corrected chi connectivity index (χ4v) is 3.47. The second-order valence-electron chi connectivity index (χ2n) is 7.02. The molecule has 3 aromatic heterocycles. The van der Waals surface area contributed by atoms with E-state index in [1.807, 2.05) is 6.92 Å². The van der Waals surface area contributed by atoms with Gasteiger partial charge in [-0.25, -0.2) is 9.37 Å². The SMILES string of the molecule is Cc1cnc(-c2nn(C(C)C)c3c2CN(Cc2ccncc2F)CC3)o1. The van der Waals surface area contributed by atoms with Crippen molar-refractivity contribution in [3.63, 3.8) is 0 Å². The molecule has 7 heteroatoms. The van der Waals surface area contributed by atoms with Crippen molar-refractivity contribution in [2.75, 3.05) is 6.54 Å². The van der Waals surface area contributed by atoms with Crippen molar-refractivity contribution < 1.29 is 8.81 Å². The number of hydrogen-bond acceptors (Lipinski definition) is 5. The maximum absolute atomic E-state index is 14.0. The number of nitrogens with zero attached hydrogens (tertiary/aromatic N) is 5. The van der Waals surface area contributed by atoms with E-state index in [1.165, 1.54) is 11.9 Å². The van der Waals surface area contributed by atoms with Gasteiger partial charge in [0.2, 0.25) is 5.89 Å². The molecule has 0 saturated carbocycles. The zero-order chi connectivity index (χ0) is 18.3.